The molecule has 2 aliphatic rings. The molecule has 164 valence electrons. The van der Waals surface area contributed by atoms with Crippen LogP contribution in [0, 0.1) is 0 Å². The lowest BCUT2D eigenvalue weighted by Gasteiger charge is -2.48. The Kier molecular flexibility index (Phi) is 5.77. The zero-order chi connectivity index (χ0) is 22.8. The predicted octanol–water partition coefficient (Wildman–Crippen LogP) is 2.18. The summed E-state index contributed by atoms with van der Waals surface area (Å²) in [5.74, 6) is -1.60. The van der Waals surface area contributed by atoms with E-state index in [9.17, 15) is 19.2 Å². The van der Waals surface area contributed by atoms with E-state index in [-0.39, 0.29) is 12.3 Å². The van der Waals surface area contributed by atoms with Gasteiger partial charge in [-0.1, -0.05) is 42.5 Å². The molecule has 3 atom stereocenters. The average Bonchev–Trinajstić information content (AvgIpc) is 3.04. The predicted molar refractivity (Wildman–Crippen MR) is 116 cm³/mol. The van der Waals surface area contributed by atoms with Crippen LogP contribution in [-0.2, 0) is 23.9 Å². The van der Waals surface area contributed by atoms with Gasteiger partial charge in [0.2, 0.25) is 5.91 Å². The molecule has 3 unspecified atom stereocenters. The van der Waals surface area contributed by atoms with Crippen molar-refractivity contribution in [3.8, 4) is 5.75 Å². The van der Waals surface area contributed by atoms with E-state index in [1.807, 2.05) is 36.4 Å². The van der Waals surface area contributed by atoms with Crippen molar-refractivity contribution in [2.75, 3.05) is 12.0 Å². The molecule has 0 bridgehead atoms. The molecular formula is C24H22N2O6. The number of anilines is 1. The topological polar surface area (TPSA) is 93.2 Å². The standard InChI is InChI=1S/C24H22N2O6/c1-15(27)32-20-14-21(28)26(23(20)29)22-19(13-8-16-6-4-3-5-7-16)25(24(22)30)17-9-11-18(31-2)12-10-17/h3-13,19-20,22H,14H2,1-2H3. The van der Waals surface area contributed by atoms with E-state index in [1.54, 1.807) is 37.5 Å². The molecule has 0 aliphatic carbocycles. The largest absolute Gasteiger partial charge is 0.497 e. The van der Waals surface area contributed by atoms with Gasteiger partial charge in [-0.3, -0.25) is 24.1 Å². The molecule has 0 radical (unpaired) electrons. The highest BCUT2D eigenvalue weighted by Gasteiger charge is 2.57. The quantitative estimate of drug-likeness (QED) is 0.393. The van der Waals surface area contributed by atoms with Gasteiger partial charge >= 0.3 is 5.97 Å². The fraction of sp³-hybridized carbons (Fsp3) is 0.250. The third-order valence-corrected chi connectivity index (χ3v) is 5.48. The average molecular weight is 434 g/mol. The zero-order valence-electron chi connectivity index (χ0n) is 17.6. The van der Waals surface area contributed by atoms with E-state index >= 15 is 0 Å². The molecule has 2 aromatic carbocycles. The van der Waals surface area contributed by atoms with Gasteiger partial charge in [0.1, 0.15) is 11.8 Å². The summed E-state index contributed by atoms with van der Waals surface area (Å²) < 4.78 is 10.1. The lowest BCUT2D eigenvalue weighted by Crippen LogP contribution is -2.71. The summed E-state index contributed by atoms with van der Waals surface area (Å²) in [6, 6.07) is 14.9. The number of ether oxygens (including phenoxy) is 2. The first kappa shape index (κ1) is 21.3. The van der Waals surface area contributed by atoms with E-state index in [2.05, 4.69) is 0 Å². The van der Waals surface area contributed by atoms with Crippen LogP contribution in [0.5, 0.6) is 5.75 Å². The van der Waals surface area contributed by atoms with Crippen molar-refractivity contribution in [3.05, 3.63) is 66.2 Å². The van der Waals surface area contributed by atoms with Crippen molar-refractivity contribution in [3.63, 3.8) is 0 Å². The fourth-order valence-electron chi connectivity index (χ4n) is 3.97. The number of benzene rings is 2. The van der Waals surface area contributed by atoms with E-state index in [4.69, 9.17) is 9.47 Å². The smallest absolute Gasteiger partial charge is 0.303 e. The SMILES string of the molecule is COc1ccc(N2C(=O)C(N3C(=O)CC(OC(C)=O)C3=O)C2C=Cc2ccccc2)cc1. The third kappa shape index (κ3) is 3.87. The number of hydrogen-bond acceptors (Lipinski definition) is 6. The number of carbonyl (C=O) groups is 4. The number of imide groups is 1. The van der Waals surface area contributed by atoms with Crippen molar-refractivity contribution >= 4 is 35.5 Å². The second-order valence-electron chi connectivity index (χ2n) is 7.52. The van der Waals surface area contributed by atoms with Crippen LogP contribution in [0.1, 0.15) is 18.9 Å². The molecule has 4 rings (SSSR count). The van der Waals surface area contributed by atoms with Crippen LogP contribution in [0.3, 0.4) is 0 Å². The summed E-state index contributed by atoms with van der Waals surface area (Å²) >= 11 is 0. The molecule has 2 saturated heterocycles. The number of nitrogens with zero attached hydrogens (tertiary/aromatic N) is 2. The third-order valence-electron chi connectivity index (χ3n) is 5.48. The number of likely N-dealkylation sites (tertiary alicyclic amines) is 1. The van der Waals surface area contributed by atoms with Gasteiger partial charge in [-0.2, -0.15) is 0 Å². The summed E-state index contributed by atoms with van der Waals surface area (Å²) in [5.41, 5.74) is 1.53. The summed E-state index contributed by atoms with van der Waals surface area (Å²) in [6.07, 6.45) is 2.18. The van der Waals surface area contributed by atoms with Gasteiger partial charge in [-0.25, -0.2) is 0 Å². The maximum Gasteiger partial charge on any atom is 0.303 e. The second-order valence-corrected chi connectivity index (χ2v) is 7.52. The Labute approximate surface area is 185 Å². The zero-order valence-corrected chi connectivity index (χ0v) is 17.6. The Morgan fingerprint density at radius 3 is 2.28 bits per heavy atom. The summed E-state index contributed by atoms with van der Waals surface area (Å²) in [4.78, 5) is 52.3. The molecular weight excluding hydrogens is 412 g/mol. The summed E-state index contributed by atoms with van der Waals surface area (Å²) in [7, 11) is 1.55. The molecule has 0 aromatic heterocycles. The first-order chi connectivity index (χ1) is 15.4. The van der Waals surface area contributed by atoms with Crippen molar-refractivity contribution in [2.45, 2.75) is 31.5 Å². The van der Waals surface area contributed by atoms with E-state index in [0.29, 0.717) is 11.4 Å². The first-order valence-electron chi connectivity index (χ1n) is 10.1. The number of methoxy groups -OCH3 is 1. The number of rotatable bonds is 6. The van der Waals surface area contributed by atoms with Crippen LogP contribution < -0.4 is 9.64 Å². The van der Waals surface area contributed by atoms with Gasteiger partial charge in [0.05, 0.1) is 19.6 Å². The molecule has 0 spiro atoms. The van der Waals surface area contributed by atoms with Crippen LogP contribution in [0.25, 0.3) is 6.08 Å². The second kappa shape index (κ2) is 8.66. The molecule has 8 nitrogen and oxygen atoms in total. The monoisotopic (exact) mass is 434 g/mol. The normalized spacial score (nSPS) is 22.9. The lowest BCUT2D eigenvalue weighted by atomic mass is 9.91. The maximum absolute atomic E-state index is 13.2. The molecule has 2 aromatic rings. The Hall–Kier alpha value is -3.94. The van der Waals surface area contributed by atoms with Gasteiger partial charge in [-0.15, -0.1) is 0 Å². The van der Waals surface area contributed by atoms with Crippen molar-refractivity contribution < 1.29 is 28.7 Å². The number of amides is 3. The minimum Gasteiger partial charge on any atom is -0.497 e. The number of carbonyl (C=O) groups excluding carboxylic acids is 4. The minimum absolute atomic E-state index is 0.264. The Morgan fingerprint density at radius 2 is 1.66 bits per heavy atom. The van der Waals surface area contributed by atoms with Crippen LogP contribution in [-0.4, -0.2) is 53.9 Å². The molecule has 32 heavy (non-hydrogen) atoms. The van der Waals surface area contributed by atoms with Gasteiger partial charge < -0.3 is 14.4 Å². The van der Waals surface area contributed by atoms with Gasteiger partial charge in [0.25, 0.3) is 11.8 Å². The molecule has 0 N–H and O–H groups in total. The first-order valence-corrected chi connectivity index (χ1v) is 10.1. The molecule has 8 heteroatoms. The molecule has 2 aliphatic heterocycles. The molecule has 2 fully saturated rings. The molecule has 3 amide bonds. The maximum atomic E-state index is 13.2. The van der Waals surface area contributed by atoms with Crippen molar-refractivity contribution in [1.29, 1.82) is 0 Å². The molecule has 0 saturated carbocycles. The van der Waals surface area contributed by atoms with E-state index in [1.165, 1.54) is 11.8 Å². The molecule has 2 heterocycles. The highest BCUT2D eigenvalue weighted by molar-refractivity contribution is 6.15. The van der Waals surface area contributed by atoms with Crippen molar-refractivity contribution in [2.24, 2.45) is 0 Å². The van der Waals surface area contributed by atoms with Gasteiger partial charge in [0, 0.05) is 12.6 Å². The van der Waals surface area contributed by atoms with Crippen molar-refractivity contribution in [1.82, 2.24) is 4.90 Å². The van der Waals surface area contributed by atoms with Crippen LogP contribution in [0.2, 0.25) is 0 Å². The Bertz CT molecular complexity index is 1080. The highest BCUT2D eigenvalue weighted by Crippen LogP contribution is 2.36. The Balaban J connectivity index is 1.65. The van der Waals surface area contributed by atoms with Crippen LogP contribution in [0.4, 0.5) is 5.69 Å². The van der Waals surface area contributed by atoms with E-state index < -0.39 is 36.0 Å². The number of esters is 1. The van der Waals surface area contributed by atoms with Crippen LogP contribution in [0.15, 0.2) is 60.7 Å². The number of hydrogen-bond donors (Lipinski definition) is 0. The fourth-order valence-corrected chi connectivity index (χ4v) is 3.97. The highest BCUT2D eigenvalue weighted by atomic mass is 16.5. The van der Waals surface area contributed by atoms with E-state index in [0.717, 1.165) is 10.5 Å². The minimum atomic E-state index is -1.19. The lowest BCUT2D eigenvalue weighted by molar-refractivity contribution is -0.158. The van der Waals surface area contributed by atoms with Gasteiger partial charge in [-0.05, 0) is 29.8 Å². The van der Waals surface area contributed by atoms with Crippen LogP contribution >= 0.6 is 0 Å². The number of β-lactam (4-membered cyclic amide) rings is 1. The summed E-state index contributed by atoms with van der Waals surface area (Å²) in [6.45, 7) is 1.17. The van der Waals surface area contributed by atoms with Gasteiger partial charge in [0.15, 0.2) is 6.10 Å². The Morgan fingerprint density at radius 1 is 0.969 bits per heavy atom. The summed E-state index contributed by atoms with van der Waals surface area (Å²) in [5, 5.41) is 0.